The van der Waals surface area contributed by atoms with Gasteiger partial charge in [0.2, 0.25) is 0 Å². The van der Waals surface area contributed by atoms with Gasteiger partial charge in [-0.05, 0) is 58.7 Å². The lowest BCUT2D eigenvalue weighted by Crippen LogP contribution is -2.13. The number of benzene rings is 2. The summed E-state index contributed by atoms with van der Waals surface area (Å²) in [5, 5.41) is 12.2. The maximum Gasteiger partial charge on any atom is 0.255 e. The summed E-state index contributed by atoms with van der Waals surface area (Å²) in [7, 11) is 1.57. The molecule has 0 unspecified atom stereocenters. The number of hydrogen-bond acceptors (Lipinski definition) is 3. The number of nitrogens with one attached hydrogen (secondary N) is 1. The molecular weight excluding hydrogens is 322 g/mol. The van der Waals surface area contributed by atoms with E-state index >= 15 is 0 Å². The Labute approximate surface area is 125 Å². The normalized spacial score (nSPS) is 10.2. The molecule has 0 aliphatic heterocycles. The molecule has 104 valence electrons. The standard InChI is InChI=1S/C15H14BrNO3/c1-9-7-10(18)3-5-12(9)15(19)17-14-8-11(20-2)4-6-13(14)16/h3-8,18H,1-2H3,(H,17,19). The third-order valence-electron chi connectivity index (χ3n) is 2.88. The van der Waals surface area contributed by atoms with Crippen molar-refractivity contribution in [3.63, 3.8) is 0 Å². The van der Waals surface area contributed by atoms with Crippen LogP contribution in [0.3, 0.4) is 0 Å². The molecule has 20 heavy (non-hydrogen) atoms. The molecule has 2 N–H and O–H groups in total. The van der Waals surface area contributed by atoms with Crippen molar-refractivity contribution in [2.45, 2.75) is 6.92 Å². The Morgan fingerprint density at radius 2 is 2.00 bits per heavy atom. The summed E-state index contributed by atoms with van der Waals surface area (Å²) in [6.45, 7) is 1.77. The lowest BCUT2D eigenvalue weighted by Gasteiger charge is -2.11. The second-order valence-corrected chi connectivity index (χ2v) is 5.15. The number of phenolic OH excluding ortho intramolecular Hbond substituents is 1. The molecule has 0 saturated carbocycles. The summed E-state index contributed by atoms with van der Waals surface area (Å²) in [5.74, 6) is 0.559. The summed E-state index contributed by atoms with van der Waals surface area (Å²) < 4.78 is 5.90. The number of anilines is 1. The Hall–Kier alpha value is -2.01. The van der Waals surface area contributed by atoms with Crippen LogP contribution in [0.1, 0.15) is 15.9 Å². The van der Waals surface area contributed by atoms with Gasteiger partial charge < -0.3 is 15.2 Å². The average molecular weight is 336 g/mol. The third kappa shape index (κ3) is 3.11. The van der Waals surface area contributed by atoms with Crippen LogP contribution in [0.25, 0.3) is 0 Å². The molecule has 0 radical (unpaired) electrons. The largest absolute Gasteiger partial charge is 0.508 e. The van der Waals surface area contributed by atoms with Crippen molar-refractivity contribution in [2.24, 2.45) is 0 Å². The Balaban J connectivity index is 2.27. The van der Waals surface area contributed by atoms with Crippen LogP contribution < -0.4 is 10.1 Å². The Kier molecular flexibility index (Phi) is 4.29. The van der Waals surface area contributed by atoms with E-state index in [1.807, 2.05) is 0 Å². The van der Waals surface area contributed by atoms with Crippen LogP contribution in [0.2, 0.25) is 0 Å². The van der Waals surface area contributed by atoms with Gasteiger partial charge in [0.15, 0.2) is 0 Å². The Morgan fingerprint density at radius 3 is 2.65 bits per heavy atom. The molecule has 2 rings (SSSR count). The second kappa shape index (κ2) is 5.96. The van der Waals surface area contributed by atoms with Gasteiger partial charge in [0, 0.05) is 16.1 Å². The lowest BCUT2D eigenvalue weighted by molar-refractivity contribution is 0.102. The van der Waals surface area contributed by atoms with Crippen LogP contribution in [0.15, 0.2) is 40.9 Å². The summed E-state index contributed by atoms with van der Waals surface area (Å²) in [6.07, 6.45) is 0. The number of rotatable bonds is 3. The van der Waals surface area contributed by atoms with Gasteiger partial charge in [-0.15, -0.1) is 0 Å². The van der Waals surface area contributed by atoms with Crippen LogP contribution in [0.5, 0.6) is 11.5 Å². The van der Waals surface area contributed by atoms with Crippen LogP contribution in [0.4, 0.5) is 5.69 Å². The molecular formula is C15H14BrNO3. The van der Waals surface area contributed by atoms with Crippen molar-refractivity contribution >= 4 is 27.5 Å². The zero-order chi connectivity index (χ0) is 14.7. The number of carbonyl (C=O) groups excluding carboxylic acids is 1. The van der Waals surface area contributed by atoms with E-state index < -0.39 is 0 Å². The van der Waals surface area contributed by atoms with Crippen molar-refractivity contribution in [2.75, 3.05) is 12.4 Å². The first kappa shape index (κ1) is 14.4. The zero-order valence-electron chi connectivity index (χ0n) is 11.1. The highest BCUT2D eigenvalue weighted by Gasteiger charge is 2.12. The zero-order valence-corrected chi connectivity index (χ0v) is 12.7. The van der Waals surface area contributed by atoms with E-state index in [1.54, 1.807) is 44.4 Å². The van der Waals surface area contributed by atoms with Crippen LogP contribution in [-0.4, -0.2) is 18.1 Å². The van der Waals surface area contributed by atoms with Gasteiger partial charge >= 0.3 is 0 Å². The summed E-state index contributed by atoms with van der Waals surface area (Å²) in [6, 6.07) is 9.97. The Bertz CT molecular complexity index is 656. The van der Waals surface area contributed by atoms with Crippen molar-refractivity contribution in [3.8, 4) is 11.5 Å². The highest BCUT2D eigenvalue weighted by molar-refractivity contribution is 9.10. The molecule has 0 heterocycles. The minimum Gasteiger partial charge on any atom is -0.508 e. The van der Waals surface area contributed by atoms with Gasteiger partial charge in [0.1, 0.15) is 11.5 Å². The maximum absolute atomic E-state index is 12.2. The van der Waals surface area contributed by atoms with Gasteiger partial charge in [-0.3, -0.25) is 4.79 Å². The average Bonchev–Trinajstić information content (AvgIpc) is 2.41. The van der Waals surface area contributed by atoms with E-state index in [9.17, 15) is 9.90 Å². The monoisotopic (exact) mass is 335 g/mol. The molecule has 2 aromatic rings. The SMILES string of the molecule is COc1ccc(Br)c(NC(=O)c2ccc(O)cc2C)c1. The van der Waals surface area contributed by atoms with E-state index in [0.29, 0.717) is 22.6 Å². The minimum atomic E-state index is -0.239. The molecule has 0 saturated heterocycles. The predicted octanol–water partition coefficient (Wildman–Crippen LogP) is 3.72. The van der Waals surface area contributed by atoms with Crippen LogP contribution >= 0.6 is 15.9 Å². The number of aryl methyl sites for hydroxylation is 1. The van der Waals surface area contributed by atoms with Gasteiger partial charge in [0.05, 0.1) is 12.8 Å². The molecule has 2 aromatic carbocycles. The van der Waals surface area contributed by atoms with Crippen molar-refractivity contribution in [3.05, 3.63) is 52.0 Å². The third-order valence-corrected chi connectivity index (χ3v) is 3.57. The highest BCUT2D eigenvalue weighted by atomic mass is 79.9. The van der Waals surface area contributed by atoms with E-state index in [0.717, 1.165) is 4.47 Å². The fourth-order valence-corrected chi connectivity index (χ4v) is 2.17. The van der Waals surface area contributed by atoms with Crippen molar-refractivity contribution in [1.29, 1.82) is 0 Å². The number of hydrogen-bond donors (Lipinski definition) is 2. The van der Waals surface area contributed by atoms with Gasteiger partial charge in [-0.2, -0.15) is 0 Å². The van der Waals surface area contributed by atoms with Crippen LogP contribution in [0, 0.1) is 6.92 Å². The van der Waals surface area contributed by atoms with E-state index in [2.05, 4.69) is 21.2 Å². The molecule has 0 spiro atoms. The first-order valence-electron chi connectivity index (χ1n) is 5.96. The fraction of sp³-hybridized carbons (Fsp3) is 0.133. The molecule has 0 aliphatic rings. The Morgan fingerprint density at radius 1 is 1.25 bits per heavy atom. The summed E-state index contributed by atoms with van der Waals surface area (Å²) >= 11 is 3.38. The molecule has 0 aliphatic carbocycles. The van der Waals surface area contributed by atoms with E-state index in [4.69, 9.17) is 4.74 Å². The minimum absolute atomic E-state index is 0.140. The number of aromatic hydroxyl groups is 1. The van der Waals surface area contributed by atoms with Gasteiger partial charge in [-0.25, -0.2) is 0 Å². The quantitative estimate of drug-likeness (QED) is 0.898. The van der Waals surface area contributed by atoms with E-state index in [-0.39, 0.29) is 11.7 Å². The number of amides is 1. The predicted molar refractivity (Wildman–Crippen MR) is 81.5 cm³/mol. The first-order valence-corrected chi connectivity index (χ1v) is 6.75. The molecule has 0 atom stereocenters. The van der Waals surface area contributed by atoms with Crippen molar-refractivity contribution < 1.29 is 14.6 Å². The number of phenols is 1. The molecule has 4 nitrogen and oxygen atoms in total. The number of methoxy groups -OCH3 is 1. The molecule has 0 aromatic heterocycles. The summed E-state index contributed by atoms with van der Waals surface area (Å²) in [4.78, 5) is 12.2. The molecule has 1 amide bonds. The second-order valence-electron chi connectivity index (χ2n) is 4.30. The first-order chi connectivity index (χ1) is 9.51. The molecule has 0 bridgehead atoms. The van der Waals surface area contributed by atoms with Crippen LogP contribution in [-0.2, 0) is 0 Å². The smallest absolute Gasteiger partial charge is 0.255 e. The van der Waals surface area contributed by atoms with Gasteiger partial charge in [0.25, 0.3) is 5.91 Å². The number of carbonyl (C=O) groups is 1. The topological polar surface area (TPSA) is 58.6 Å². The number of ether oxygens (including phenoxy) is 1. The highest BCUT2D eigenvalue weighted by Crippen LogP contribution is 2.28. The lowest BCUT2D eigenvalue weighted by atomic mass is 10.1. The van der Waals surface area contributed by atoms with Crippen molar-refractivity contribution in [1.82, 2.24) is 0 Å². The maximum atomic E-state index is 12.2. The van der Waals surface area contributed by atoms with Gasteiger partial charge in [-0.1, -0.05) is 0 Å². The fourth-order valence-electron chi connectivity index (χ4n) is 1.82. The molecule has 5 heteroatoms. The van der Waals surface area contributed by atoms with E-state index in [1.165, 1.54) is 6.07 Å². The summed E-state index contributed by atoms with van der Waals surface area (Å²) in [5.41, 5.74) is 1.85. The number of halogens is 1. The molecule has 0 fully saturated rings.